The number of carbonyl (C=O) groups excluding carboxylic acids is 2. The van der Waals surface area contributed by atoms with E-state index in [4.69, 9.17) is 0 Å². The second kappa shape index (κ2) is 13.8. The maximum absolute atomic E-state index is 14.6. The summed E-state index contributed by atoms with van der Waals surface area (Å²) in [5.41, 5.74) is 4.88. The number of nitrogens with one attached hydrogen (secondary N) is 1. The van der Waals surface area contributed by atoms with Gasteiger partial charge in [0, 0.05) is 30.8 Å². The third-order valence-electron chi connectivity index (χ3n) is 5.89. The summed E-state index contributed by atoms with van der Waals surface area (Å²) in [5.74, 6) is 0.108. The minimum atomic E-state index is -0.743. The van der Waals surface area contributed by atoms with Gasteiger partial charge in [0.05, 0.1) is 5.75 Å². The number of halogens is 1. The molecule has 3 aromatic carbocycles. The molecule has 0 spiro atoms. The first kappa shape index (κ1) is 27.5. The fraction of sp³-hybridized carbons (Fsp3) is 0.333. The molecule has 1 atom stereocenters. The summed E-state index contributed by atoms with van der Waals surface area (Å²) in [6, 6.07) is 21.7. The average Bonchev–Trinajstić information content (AvgIpc) is 2.85. The van der Waals surface area contributed by atoms with E-state index in [9.17, 15) is 14.0 Å². The van der Waals surface area contributed by atoms with Crippen LogP contribution < -0.4 is 5.32 Å². The first-order valence-electron chi connectivity index (χ1n) is 12.4. The Morgan fingerprint density at radius 1 is 0.944 bits per heavy atom. The van der Waals surface area contributed by atoms with E-state index < -0.39 is 6.04 Å². The van der Waals surface area contributed by atoms with E-state index in [1.165, 1.54) is 29.0 Å². The molecule has 190 valence electrons. The lowest BCUT2D eigenvalue weighted by molar-refractivity contribution is -0.139. The number of nitrogens with zero attached hydrogens (tertiary/aromatic N) is 1. The number of hydrogen-bond donors (Lipinski definition) is 1. The van der Waals surface area contributed by atoms with Crippen LogP contribution in [-0.2, 0) is 28.3 Å². The number of benzene rings is 3. The smallest absolute Gasteiger partial charge is 0.243 e. The van der Waals surface area contributed by atoms with Gasteiger partial charge in [-0.3, -0.25) is 9.59 Å². The molecule has 6 heteroatoms. The van der Waals surface area contributed by atoms with Crippen molar-refractivity contribution in [3.05, 3.63) is 106 Å². The third-order valence-corrected chi connectivity index (χ3v) is 6.88. The van der Waals surface area contributed by atoms with Crippen LogP contribution in [0.2, 0.25) is 0 Å². The zero-order valence-electron chi connectivity index (χ0n) is 21.3. The summed E-state index contributed by atoms with van der Waals surface area (Å²) >= 11 is 1.51. The van der Waals surface area contributed by atoms with E-state index in [2.05, 4.69) is 37.4 Å². The number of hydrogen-bond acceptors (Lipinski definition) is 3. The van der Waals surface area contributed by atoms with Crippen molar-refractivity contribution in [2.45, 2.75) is 52.0 Å². The van der Waals surface area contributed by atoms with Gasteiger partial charge in [0.2, 0.25) is 11.8 Å². The topological polar surface area (TPSA) is 49.4 Å². The second-order valence-corrected chi connectivity index (χ2v) is 10.1. The highest BCUT2D eigenvalue weighted by Gasteiger charge is 2.30. The summed E-state index contributed by atoms with van der Waals surface area (Å²) in [6.45, 7) is 6.66. The first-order chi connectivity index (χ1) is 17.4. The number of aryl methyl sites for hydroxylation is 2. The van der Waals surface area contributed by atoms with Crippen molar-refractivity contribution in [3.63, 3.8) is 0 Å². The van der Waals surface area contributed by atoms with E-state index in [0.29, 0.717) is 24.3 Å². The Hall–Kier alpha value is -3.12. The van der Waals surface area contributed by atoms with E-state index in [1.54, 1.807) is 23.1 Å². The minimum Gasteiger partial charge on any atom is -0.354 e. The zero-order chi connectivity index (χ0) is 25.9. The molecule has 0 aromatic heterocycles. The van der Waals surface area contributed by atoms with Gasteiger partial charge in [-0.25, -0.2) is 4.39 Å². The molecule has 3 aromatic rings. The molecule has 0 aliphatic carbocycles. The first-order valence-corrected chi connectivity index (χ1v) is 13.5. The molecule has 2 amide bonds. The van der Waals surface area contributed by atoms with Gasteiger partial charge in [0.25, 0.3) is 0 Å². The van der Waals surface area contributed by atoms with E-state index in [0.717, 1.165) is 17.5 Å². The van der Waals surface area contributed by atoms with E-state index in [1.807, 2.05) is 37.3 Å². The van der Waals surface area contributed by atoms with Crippen molar-refractivity contribution in [2.24, 2.45) is 0 Å². The highest BCUT2D eigenvalue weighted by atomic mass is 32.2. The fourth-order valence-corrected chi connectivity index (χ4v) is 5.07. The fourth-order valence-electron chi connectivity index (χ4n) is 4.22. The van der Waals surface area contributed by atoms with Gasteiger partial charge in [-0.05, 0) is 37.5 Å². The van der Waals surface area contributed by atoms with E-state index >= 15 is 0 Å². The molecular formula is C30H35FN2O2S. The molecule has 36 heavy (non-hydrogen) atoms. The standard InChI is InChI=1S/C30H35FN2O2S/c1-4-14-32-30(35)28(18-24-10-6-5-7-11-24)33(19-26-12-8-9-13-27(26)31)29(34)21-36-20-25-16-22(2)15-23(3)17-25/h5-13,15-17,28H,4,14,18-21H2,1-3H3,(H,32,35)/t28-/m0/s1. The van der Waals surface area contributed by atoms with Gasteiger partial charge in [-0.1, -0.05) is 84.8 Å². The van der Waals surface area contributed by atoms with Gasteiger partial charge in [0.15, 0.2) is 0 Å². The van der Waals surface area contributed by atoms with Crippen molar-refractivity contribution >= 4 is 23.6 Å². The SMILES string of the molecule is CCCNC(=O)[C@H](Cc1ccccc1)N(Cc1ccccc1F)C(=O)CSCc1cc(C)cc(C)c1. The maximum atomic E-state index is 14.6. The lowest BCUT2D eigenvalue weighted by Gasteiger charge is -2.31. The molecular weight excluding hydrogens is 471 g/mol. The number of amides is 2. The average molecular weight is 507 g/mol. The lowest BCUT2D eigenvalue weighted by Crippen LogP contribution is -2.51. The predicted molar refractivity (Wildman–Crippen MR) is 146 cm³/mol. The van der Waals surface area contributed by atoms with Crippen LogP contribution in [0.4, 0.5) is 4.39 Å². The molecule has 0 saturated heterocycles. The predicted octanol–water partition coefficient (Wildman–Crippen LogP) is 5.84. The van der Waals surface area contributed by atoms with Crippen molar-refractivity contribution in [1.29, 1.82) is 0 Å². The quantitative estimate of drug-likeness (QED) is 0.336. The molecule has 4 nitrogen and oxygen atoms in total. The van der Waals surface area contributed by atoms with Gasteiger partial charge in [0.1, 0.15) is 11.9 Å². The monoisotopic (exact) mass is 506 g/mol. The molecule has 0 fully saturated rings. The number of rotatable bonds is 12. The third kappa shape index (κ3) is 8.23. The molecule has 0 unspecified atom stereocenters. The Morgan fingerprint density at radius 3 is 2.28 bits per heavy atom. The summed E-state index contributed by atoms with van der Waals surface area (Å²) in [4.78, 5) is 28.4. The van der Waals surface area contributed by atoms with Crippen molar-refractivity contribution in [3.8, 4) is 0 Å². The lowest BCUT2D eigenvalue weighted by atomic mass is 10.0. The molecule has 0 aliphatic rings. The normalized spacial score (nSPS) is 11.7. The Kier molecular flexibility index (Phi) is 10.6. The second-order valence-electron chi connectivity index (χ2n) is 9.10. The Balaban J connectivity index is 1.84. The summed E-state index contributed by atoms with van der Waals surface area (Å²) in [7, 11) is 0. The molecule has 0 heterocycles. The van der Waals surface area contributed by atoms with Gasteiger partial charge < -0.3 is 10.2 Å². The maximum Gasteiger partial charge on any atom is 0.243 e. The van der Waals surface area contributed by atoms with Crippen LogP contribution in [0.15, 0.2) is 72.8 Å². The summed E-state index contributed by atoms with van der Waals surface area (Å²) in [5, 5.41) is 2.95. The van der Waals surface area contributed by atoms with Crippen LogP contribution >= 0.6 is 11.8 Å². The van der Waals surface area contributed by atoms with Crippen LogP contribution in [0.3, 0.4) is 0 Å². The molecule has 0 saturated carbocycles. The van der Waals surface area contributed by atoms with Crippen LogP contribution in [0, 0.1) is 19.7 Å². The molecule has 0 radical (unpaired) electrons. The van der Waals surface area contributed by atoms with Gasteiger partial charge in [-0.2, -0.15) is 0 Å². The summed E-state index contributed by atoms with van der Waals surface area (Å²) in [6.07, 6.45) is 1.15. The van der Waals surface area contributed by atoms with Gasteiger partial charge >= 0.3 is 0 Å². The van der Waals surface area contributed by atoms with Crippen molar-refractivity contribution in [2.75, 3.05) is 12.3 Å². The van der Waals surface area contributed by atoms with Gasteiger partial charge in [-0.15, -0.1) is 11.8 Å². The Labute approximate surface area is 218 Å². The van der Waals surface area contributed by atoms with Crippen LogP contribution in [0.1, 0.15) is 41.2 Å². The number of thioether (sulfide) groups is 1. The number of carbonyl (C=O) groups is 2. The van der Waals surface area contributed by atoms with Crippen LogP contribution in [-0.4, -0.2) is 35.1 Å². The highest BCUT2D eigenvalue weighted by molar-refractivity contribution is 7.99. The largest absolute Gasteiger partial charge is 0.354 e. The molecule has 3 rings (SSSR count). The zero-order valence-corrected chi connectivity index (χ0v) is 22.1. The highest BCUT2D eigenvalue weighted by Crippen LogP contribution is 2.20. The van der Waals surface area contributed by atoms with E-state index in [-0.39, 0.29) is 29.9 Å². The van der Waals surface area contributed by atoms with Crippen LogP contribution in [0.5, 0.6) is 0 Å². The van der Waals surface area contributed by atoms with Crippen LogP contribution in [0.25, 0.3) is 0 Å². The molecule has 0 bridgehead atoms. The van der Waals surface area contributed by atoms with Crippen molar-refractivity contribution < 1.29 is 14.0 Å². The summed E-state index contributed by atoms with van der Waals surface area (Å²) < 4.78 is 14.6. The Morgan fingerprint density at radius 2 is 1.61 bits per heavy atom. The molecule has 1 N–H and O–H groups in total. The minimum absolute atomic E-state index is 0.0344. The molecule has 0 aliphatic heterocycles. The Bertz CT molecular complexity index is 1130. The van der Waals surface area contributed by atoms with Crippen molar-refractivity contribution in [1.82, 2.24) is 10.2 Å².